The Kier molecular flexibility index (Phi) is 3.85. The summed E-state index contributed by atoms with van der Waals surface area (Å²) in [7, 11) is 0. The molecule has 0 radical (unpaired) electrons. The van der Waals surface area contributed by atoms with E-state index in [1.54, 1.807) is 16.5 Å². The number of thiazole rings is 1. The third-order valence-corrected chi connectivity index (χ3v) is 4.31. The molecule has 3 rings (SSSR count). The number of β-amino-alcohol motifs (C(OH)–C–C–N with tert-alkyl or cyclic N) is 1. The van der Waals surface area contributed by atoms with Crippen LogP contribution >= 0.6 is 11.3 Å². The normalized spacial score (nSPS) is 21.7. The summed E-state index contributed by atoms with van der Waals surface area (Å²) < 4.78 is 0. The number of carbonyl (C=O) groups is 1. The molecule has 0 saturated carbocycles. The molecule has 0 aromatic carbocycles. The molecule has 110 valence electrons. The van der Waals surface area contributed by atoms with Crippen LogP contribution in [0.15, 0.2) is 29.8 Å². The van der Waals surface area contributed by atoms with Crippen molar-refractivity contribution in [1.82, 2.24) is 14.9 Å². The van der Waals surface area contributed by atoms with E-state index in [1.165, 1.54) is 11.3 Å². The van der Waals surface area contributed by atoms with Crippen molar-refractivity contribution in [3.63, 3.8) is 0 Å². The number of anilines is 1. The number of aliphatic hydroxyl groups excluding tert-OH is 1. The van der Waals surface area contributed by atoms with Gasteiger partial charge in [0, 0.05) is 36.3 Å². The second-order valence-electron chi connectivity index (χ2n) is 5.13. The van der Waals surface area contributed by atoms with Gasteiger partial charge >= 0.3 is 0 Å². The highest BCUT2D eigenvalue weighted by atomic mass is 32.1. The number of nitrogen functional groups attached to an aromatic ring is 1. The average molecular weight is 304 g/mol. The van der Waals surface area contributed by atoms with Gasteiger partial charge in [-0.15, -0.1) is 11.3 Å². The van der Waals surface area contributed by atoms with Crippen LogP contribution < -0.4 is 5.73 Å². The zero-order valence-corrected chi connectivity index (χ0v) is 12.2. The van der Waals surface area contributed by atoms with Crippen molar-refractivity contribution < 1.29 is 9.90 Å². The molecule has 21 heavy (non-hydrogen) atoms. The molecule has 2 aromatic rings. The van der Waals surface area contributed by atoms with E-state index in [1.807, 2.05) is 18.2 Å². The number of aliphatic hydroxyl groups is 1. The zero-order chi connectivity index (χ0) is 14.8. The molecule has 3 N–H and O–H groups in total. The Morgan fingerprint density at radius 3 is 3.00 bits per heavy atom. The first-order valence-electron chi connectivity index (χ1n) is 6.71. The van der Waals surface area contributed by atoms with Gasteiger partial charge in [-0.2, -0.15) is 0 Å². The van der Waals surface area contributed by atoms with Crippen LogP contribution in [0.4, 0.5) is 5.13 Å². The maximum Gasteiger partial charge on any atom is 0.273 e. The highest BCUT2D eigenvalue weighted by molar-refractivity contribution is 7.13. The van der Waals surface area contributed by atoms with Crippen LogP contribution in [0, 0.1) is 5.92 Å². The third kappa shape index (κ3) is 3.03. The van der Waals surface area contributed by atoms with Crippen LogP contribution in [0.25, 0.3) is 0 Å². The maximum absolute atomic E-state index is 12.3. The van der Waals surface area contributed by atoms with Gasteiger partial charge in [-0.3, -0.25) is 9.78 Å². The largest absolute Gasteiger partial charge is 0.391 e. The molecular weight excluding hydrogens is 288 g/mol. The SMILES string of the molecule is Nc1nc(C(=O)N2C[C@@H](Cc3ccccn3)[C@H](O)C2)cs1. The average Bonchev–Trinajstić information content (AvgIpc) is 3.06. The van der Waals surface area contributed by atoms with Gasteiger partial charge in [-0.1, -0.05) is 6.07 Å². The zero-order valence-electron chi connectivity index (χ0n) is 11.3. The Morgan fingerprint density at radius 1 is 1.48 bits per heavy atom. The monoisotopic (exact) mass is 304 g/mol. The van der Waals surface area contributed by atoms with Crippen molar-refractivity contribution in [2.24, 2.45) is 5.92 Å². The van der Waals surface area contributed by atoms with Gasteiger partial charge in [0.2, 0.25) is 0 Å². The van der Waals surface area contributed by atoms with E-state index in [2.05, 4.69) is 9.97 Å². The molecule has 1 fully saturated rings. The first-order chi connectivity index (χ1) is 10.1. The summed E-state index contributed by atoms with van der Waals surface area (Å²) in [5.41, 5.74) is 6.83. The molecule has 1 aliphatic rings. The number of aromatic nitrogens is 2. The van der Waals surface area contributed by atoms with E-state index >= 15 is 0 Å². The molecule has 6 nitrogen and oxygen atoms in total. The second-order valence-corrected chi connectivity index (χ2v) is 6.02. The van der Waals surface area contributed by atoms with Crippen LogP contribution in [0.2, 0.25) is 0 Å². The van der Waals surface area contributed by atoms with Gasteiger partial charge in [0.05, 0.1) is 6.10 Å². The smallest absolute Gasteiger partial charge is 0.273 e. The summed E-state index contributed by atoms with van der Waals surface area (Å²) in [6.07, 6.45) is 1.86. The number of rotatable bonds is 3. The van der Waals surface area contributed by atoms with Crippen molar-refractivity contribution in [2.75, 3.05) is 18.8 Å². The van der Waals surface area contributed by atoms with Gasteiger partial charge < -0.3 is 15.7 Å². The molecule has 3 heterocycles. The van der Waals surface area contributed by atoms with E-state index < -0.39 is 6.10 Å². The topological polar surface area (TPSA) is 92.3 Å². The van der Waals surface area contributed by atoms with Crippen molar-refractivity contribution in [3.05, 3.63) is 41.2 Å². The summed E-state index contributed by atoms with van der Waals surface area (Å²) in [6, 6.07) is 5.71. The predicted molar refractivity (Wildman–Crippen MR) is 79.9 cm³/mol. The van der Waals surface area contributed by atoms with Crippen LogP contribution in [-0.4, -0.2) is 45.1 Å². The van der Waals surface area contributed by atoms with Crippen molar-refractivity contribution >= 4 is 22.4 Å². The number of likely N-dealkylation sites (tertiary alicyclic amines) is 1. The van der Waals surface area contributed by atoms with Gasteiger partial charge in [-0.25, -0.2) is 4.98 Å². The van der Waals surface area contributed by atoms with Gasteiger partial charge in [-0.05, 0) is 18.6 Å². The number of nitrogens with two attached hydrogens (primary N) is 1. The Balaban J connectivity index is 1.67. The lowest BCUT2D eigenvalue weighted by molar-refractivity contribution is 0.0760. The van der Waals surface area contributed by atoms with E-state index in [4.69, 9.17) is 5.73 Å². The van der Waals surface area contributed by atoms with Crippen molar-refractivity contribution in [1.29, 1.82) is 0 Å². The molecule has 1 aliphatic heterocycles. The number of hydrogen-bond acceptors (Lipinski definition) is 6. The molecule has 2 atom stereocenters. The minimum absolute atomic E-state index is 0.000155. The van der Waals surface area contributed by atoms with Crippen molar-refractivity contribution in [3.8, 4) is 0 Å². The number of nitrogens with zero attached hydrogens (tertiary/aromatic N) is 3. The first kappa shape index (κ1) is 14.0. The summed E-state index contributed by atoms with van der Waals surface area (Å²) >= 11 is 1.24. The Labute approximate surface area is 126 Å². The van der Waals surface area contributed by atoms with Gasteiger partial charge in [0.25, 0.3) is 5.91 Å². The molecule has 0 unspecified atom stereocenters. The maximum atomic E-state index is 12.3. The fourth-order valence-electron chi connectivity index (χ4n) is 2.56. The highest BCUT2D eigenvalue weighted by Crippen LogP contribution is 2.23. The standard InChI is InChI=1S/C14H16N4O2S/c15-14-17-11(8-21-14)13(20)18-6-9(12(19)7-18)5-10-3-1-2-4-16-10/h1-4,8-9,12,19H,5-7H2,(H2,15,17)/t9-,12-/m1/s1. The number of hydrogen-bond donors (Lipinski definition) is 2. The number of amides is 1. The highest BCUT2D eigenvalue weighted by Gasteiger charge is 2.35. The molecule has 1 amide bonds. The molecule has 2 aromatic heterocycles. The van der Waals surface area contributed by atoms with E-state index in [0.29, 0.717) is 30.3 Å². The van der Waals surface area contributed by atoms with Crippen LogP contribution in [0.1, 0.15) is 16.2 Å². The van der Waals surface area contributed by atoms with E-state index in [0.717, 1.165) is 5.69 Å². The molecule has 1 saturated heterocycles. The lowest BCUT2D eigenvalue weighted by Gasteiger charge is -2.14. The molecule has 0 bridgehead atoms. The molecule has 7 heteroatoms. The lowest BCUT2D eigenvalue weighted by Crippen LogP contribution is -2.29. The summed E-state index contributed by atoms with van der Waals surface area (Å²) in [5.74, 6) is -0.176. The minimum Gasteiger partial charge on any atom is -0.391 e. The fraction of sp³-hybridized carbons (Fsp3) is 0.357. The van der Waals surface area contributed by atoms with E-state index in [-0.39, 0.29) is 11.8 Å². The van der Waals surface area contributed by atoms with Gasteiger partial charge in [0.15, 0.2) is 5.13 Å². The second kappa shape index (κ2) is 5.79. The summed E-state index contributed by atoms with van der Waals surface area (Å²) in [6.45, 7) is 0.835. The summed E-state index contributed by atoms with van der Waals surface area (Å²) in [5, 5.41) is 12.2. The molecular formula is C14H16N4O2S. The molecule has 0 spiro atoms. The fourth-order valence-corrected chi connectivity index (χ4v) is 3.09. The third-order valence-electron chi connectivity index (χ3n) is 3.63. The summed E-state index contributed by atoms with van der Waals surface area (Å²) in [4.78, 5) is 22.2. The minimum atomic E-state index is -0.535. The Bertz CT molecular complexity index is 631. The first-order valence-corrected chi connectivity index (χ1v) is 7.59. The quantitative estimate of drug-likeness (QED) is 0.875. The Morgan fingerprint density at radius 2 is 2.33 bits per heavy atom. The lowest BCUT2D eigenvalue weighted by atomic mass is 10.00. The van der Waals surface area contributed by atoms with Crippen LogP contribution in [0.5, 0.6) is 0 Å². The number of pyridine rings is 1. The Hall–Kier alpha value is -1.99. The van der Waals surface area contributed by atoms with Crippen LogP contribution in [0.3, 0.4) is 0 Å². The van der Waals surface area contributed by atoms with Gasteiger partial charge in [0.1, 0.15) is 5.69 Å². The van der Waals surface area contributed by atoms with Crippen LogP contribution in [-0.2, 0) is 6.42 Å². The predicted octanol–water partition coefficient (Wildman–Crippen LogP) is 0.796. The number of carbonyl (C=O) groups excluding carboxylic acids is 1. The van der Waals surface area contributed by atoms with E-state index in [9.17, 15) is 9.90 Å². The molecule has 0 aliphatic carbocycles. The van der Waals surface area contributed by atoms with Crippen molar-refractivity contribution in [2.45, 2.75) is 12.5 Å².